The van der Waals surface area contributed by atoms with Gasteiger partial charge in [0.1, 0.15) is 4.21 Å². The molecule has 1 heterocycles. The summed E-state index contributed by atoms with van der Waals surface area (Å²) < 4.78 is 28.0. The maximum Gasteiger partial charge on any atom is 0.271 e. The molecule has 1 aromatic heterocycles. The molecule has 0 aliphatic heterocycles. The monoisotopic (exact) mass is 408 g/mol. The van der Waals surface area contributed by atoms with Crippen LogP contribution in [0.4, 0.5) is 5.69 Å². The van der Waals surface area contributed by atoms with Crippen LogP contribution in [0.3, 0.4) is 0 Å². The number of sulfonamides is 1. The lowest BCUT2D eigenvalue weighted by Gasteiger charge is -2.11. The second-order valence-electron chi connectivity index (χ2n) is 4.73. The lowest BCUT2D eigenvalue weighted by atomic mass is 10.2. The highest BCUT2D eigenvalue weighted by molar-refractivity contribution is 9.11. The van der Waals surface area contributed by atoms with Crippen LogP contribution in [0.2, 0.25) is 5.02 Å². The molecule has 21 heavy (non-hydrogen) atoms. The van der Waals surface area contributed by atoms with Crippen molar-refractivity contribution in [2.24, 2.45) is 0 Å². The Balaban J connectivity index is 2.24. The molecule has 1 aromatic carbocycles. The lowest BCUT2D eigenvalue weighted by Crippen LogP contribution is -2.13. The van der Waals surface area contributed by atoms with Gasteiger partial charge in [0.05, 0.1) is 8.81 Å². The first kappa shape index (κ1) is 16.8. The van der Waals surface area contributed by atoms with Crippen LogP contribution < -0.4 is 4.72 Å². The first-order chi connectivity index (χ1) is 9.78. The molecule has 2 rings (SSSR count). The molecule has 2 aromatic rings. The topological polar surface area (TPSA) is 49.4 Å². The number of nitrogens with one attached hydrogen (secondary N) is 1. The first-order valence-corrected chi connectivity index (χ1v) is 9.46. The molecule has 0 atom stereocenters. The maximum absolute atomic E-state index is 12.3. The van der Waals surface area contributed by atoms with Crippen LogP contribution in [-0.4, -0.2) is 27.4 Å². The Kier molecular flexibility index (Phi) is 5.32. The van der Waals surface area contributed by atoms with Gasteiger partial charge in [0.25, 0.3) is 10.0 Å². The molecule has 4 nitrogen and oxygen atoms in total. The van der Waals surface area contributed by atoms with E-state index in [1.54, 1.807) is 6.07 Å². The van der Waals surface area contributed by atoms with E-state index in [1.165, 1.54) is 6.07 Å². The van der Waals surface area contributed by atoms with Crippen LogP contribution in [0.1, 0.15) is 5.56 Å². The average Bonchev–Trinajstić information content (AvgIpc) is 2.69. The normalized spacial score (nSPS) is 11.9. The van der Waals surface area contributed by atoms with Gasteiger partial charge in [0.15, 0.2) is 0 Å². The van der Waals surface area contributed by atoms with Crippen molar-refractivity contribution in [3.8, 4) is 0 Å². The largest absolute Gasteiger partial charge is 0.305 e. The van der Waals surface area contributed by atoms with E-state index in [9.17, 15) is 8.42 Å². The molecule has 0 amide bonds. The summed E-state index contributed by atoms with van der Waals surface area (Å²) in [6.45, 7) is 0.742. The van der Waals surface area contributed by atoms with Gasteiger partial charge < -0.3 is 4.90 Å². The molecule has 0 radical (unpaired) electrons. The van der Waals surface area contributed by atoms with Crippen molar-refractivity contribution in [1.82, 2.24) is 4.90 Å². The highest BCUT2D eigenvalue weighted by Crippen LogP contribution is 2.35. The Morgan fingerprint density at radius 1 is 1.33 bits per heavy atom. The standard InChI is InChI=1S/C13H14BrClN2O2S2/c1-17(2)8-9-4-3-5-10(6-9)16-21(18,19)12-7-11(15)13(14)20-12/h3-7,16H,8H2,1-2H3. The molecule has 0 aliphatic rings. The number of benzene rings is 1. The minimum atomic E-state index is -3.62. The molecule has 0 unspecified atom stereocenters. The number of thiophene rings is 1. The molecule has 0 saturated carbocycles. The number of hydrogen-bond donors (Lipinski definition) is 1. The zero-order valence-corrected chi connectivity index (χ0v) is 15.4. The second kappa shape index (κ2) is 6.66. The number of nitrogens with zero attached hydrogens (tertiary/aromatic N) is 1. The van der Waals surface area contributed by atoms with Gasteiger partial charge in [-0.1, -0.05) is 23.7 Å². The van der Waals surface area contributed by atoms with E-state index >= 15 is 0 Å². The molecule has 0 bridgehead atoms. The fourth-order valence-electron chi connectivity index (χ4n) is 1.76. The van der Waals surface area contributed by atoms with E-state index in [0.29, 0.717) is 14.5 Å². The Morgan fingerprint density at radius 2 is 2.05 bits per heavy atom. The predicted molar refractivity (Wildman–Crippen MR) is 91.7 cm³/mol. The van der Waals surface area contributed by atoms with Crippen molar-refractivity contribution >= 4 is 54.6 Å². The summed E-state index contributed by atoms with van der Waals surface area (Å²) in [6, 6.07) is 8.76. The van der Waals surface area contributed by atoms with E-state index in [1.807, 2.05) is 37.2 Å². The van der Waals surface area contributed by atoms with E-state index in [2.05, 4.69) is 20.7 Å². The molecule has 8 heteroatoms. The van der Waals surface area contributed by atoms with Crippen LogP contribution in [-0.2, 0) is 16.6 Å². The number of hydrogen-bond acceptors (Lipinski definition) is 4. The third-order valence-corrected chi connectivity index (χ3v) is 6.90. The van der Waals surface area contributed by atoms with Gasteiger partial charge in [0.2, 0.25) is 0 Å². The maximum atomic E-state index is 12.3. The minimum absolute atomic E-state index is 0.178. The third-order valence-electron chi connectivity index (χ3n) is 2.57. The summed E-state index contributed by atoms with van der Waals surface area (Å²) in [7, 11) is 0.301. The fraction of sp³-hybridized carbons (Fsp3) is 0.231. The zero-order chi connectivity index (χ0) is 15.6. The third kappa shape index (κ3) is 4.43. The summed E-state index contributed by atoms with van der Waals surface area (Å²) in [5, 5.41) is 0.390. The van der Waals surface area contributed by atoms with Crippen molar-refractivity contribution in [2.75, 3.05) is 18.8 Å². The molecule has 0 spiro atoms. The quantitative estimate of drug-likeness (QED) is 0.811. The Morgan fingerprint density at radius 3 is 2.62 bits per heavy atom. The average molecular weight is 410 g/mol. The highest BCUT2D eigenvalue weighted by atomic mass is 79.9. The molecule has 114 valence electrons. The van der Waals surface area contributed by atoms with E-state index in [-0.39, 0.29) is 4.21 Å². The van der Waals surface area contributed by atoms with Gasteiger partial charge >= 0.3 is 0 Å². The zero-order valence-electron chi connectivity index (χ0n) is 11.4. The fourth-order valence-corrected chi connectivity index (χ4v) is 5.21. The van der Waals surface area contributed by atoms with Crippen LogP contribution in [0, 0.1) is 0 Å². The summed E-state index contributed by atoms with van der Waals surface area (Å²) in [5.41, 5.74) is 1.57. The predicted octanol–water partition coefficient (Wildman–Crippen LogP) is 4.03. The number of rotatable bonds is 5. The van der Waals surface area contributed by atoms with E-state index in [0.717, 1.165) is 23.4 Å². The van der Waals surface area contributed by atoms with Crippen molar-refractivity contribution in [2.45, 2.75) is 10.8 Å². The highest BCUT2D eigenvalue weighted by Gasteiger charge is 2.19. The van der Waals surface area contributed by atoms with Crippen molar-refractivity contribution in [1.29, 1.82) is 0 Å². The second-order valence-corrected chi connectivity index (χ2v) is 9.42. The number of halogens is 2. The first-order valence-electron chi connectivity index (χ1n) is 5.99. The molecule has 1 N–H and O–H groups in total. The van der Waals surface area contributed by atoms with Crippen LogP contribution in [0.5, 0.6) is 0 Å². The van der Waals surface area contributed by atoms with Crippen molar-refractivity contribution in [3.63, 3.8) is 0 Å². The Bertz CT molecular complexity index is 725. The van der Waals surface area contributed by atoms with Gasteiger partial charge in [-0.2, -0.15) is 0 Å². The van der Waals surface area contributed by atoms with Crippen molar-refractivity contribution < 1.29 is 8.42 Å². The van der Waals surface area contributed by atoms with Gasteiger partial charge in [-0.05, 0) is 53.8 Å². The summed E-state index contributed by atoms with van der Waals surface area (Å²) in [6.07, 6.45) is 0. The van der Waals surface area contributed by atoms with E-state index in [4.69, 9.17) is 11.6 Å². The summed E-state index contributed by atoms with van der Waals surface area (Å²) >= 11 is 10.2. The van der Waals surface area contributed by atoms with Gasteiger partial charge in [-0.25, -0.2) is 8.42 Å². The minimum Gasteiger partial charge on any atom is -0.305 e. The Hall–Kier alpha value is -0.600. The van der Waals surface area contributed by atoms with E-state index < -0.39 is 10.0 Å². The summed E-state index contributed by atoms with van der Waals surface area (Å²) in [4.78, 5) is 2.02. The molecular weight excluding hydrogens is 396 g/mol. The molecule has 0 aliphatic carbocycles. The van der Waals surface area contributed by atoms with Gasteiger partial charge in [-0.15, -0.1) is 11.3 Å². The number of anilines is 1. The lowest BCUT2D eigenvalue weighted by molar-refractivity contribution is 0.402. The van der Waals surface area contributed by atoms with Crippen molar-refractivity contribution in [3.05, 3.63) is 44.7 Å². The van der Waals surface area contributed by atoms with Gasteiger partial charge in [0, 0.05) is 12.2 Å². The molecule has 0 saturated heterocycles. The SMILES string of the molecule is CN(C)Cc1cccc(NS(=O)(=O)c2cc(Cl)c(Br)s2)c1. The summed E-state index contributed by atoms with van der Waals surface area (Å²) in [5.74, 6) is 0. The Labute approximate surface area is 141 Å². The van der Waals surface area contributed by atoms with Gasteiger partial charge in [-0.3, -0.25) is 4.72 Å². The molecular formula is C13H14BrClN2O2S2. The smallest absolute Gasteiger partial charge is 0.271 e. The van der Waals surface area contributed by atoms with Crippen LogP contribution in [0.25, 0.3) is 0 Å². The molecule has 0 fully saturated rings. The van der Waals surface area contributed by atoms with Crippen LogP contribution >= 0.6 is 38.9 Å². The van der Waals surface area contributed by atoms with Crippen LogP contribution in [0.15, 0.2) is 38.3 Å².